The van der Waals surface area contributed by atoms with Crippen LogP contribution in [0, 0.1) is 0 Å². The Kier molecular flexibility index (Phi) is 2.32. The van der Waals surface area contributed by atoms with Crippen molar-refractivity contribution in [2.75, 3.05) is 0 Å². The SMILES string of the molecule is CC(=O)c1c(Cl)c2ccccc2oc1=O. The molecule has 0 unspecified atom stereocenters. The molecule has 2 rings (SSSR count). The maximum Gasteiger partial charge on any atom is 0.348 e. The van der Waals surface area contributed by atoms with Crippen LogP contribution in [0.3, 0.4) is 0 Å². The number of para-hydroxylation sites is 1. The minimum absolute atomic E-state index is 0.0876. The summed E-state index contributed by atoms with van der Waals surface area (Å²) in [6, 6.07) is 6.83. The van der Waals surface area contributed by atoms with Crippen molar-refractivity contribution in [2.45, 2.75) is 6.92 Å². The first-order valence-electron chi connectivity index (χ1n) is 4.33. The van der Waals surface area contributed by atoms with E-state index >= 15 is 0 Å². The Morgan fingerprint density at radius 1 is 1.33 bits per heavy atom. The summed E-state index contributed by atoms with van der Waals surface area (Å²) >= 11 is 5.96. The van der Waals surface area contributed by atoms with Crippen molar-refractivity contribution >= 4 is 28.4 Å². The number of ketones is 1. The molecule has 0 bridgehead atoms. The molecule has 4 heteroatoms. The molecule has 1 aromatic heterocycles. The number of hydrogen-bond donors (Lipinski definition) is 0. The minimum Gasteiger partial charge on any atom is -0.422 e. The van der Waals surface area contributed by atoms with Gasteiger partial charge in [-0.1, -0.05) is 23.7 Å². The molecule has 2 aromatic rings. The predicted octanol–water partition coefficient (Wildman–Crippen LogP) is 2.65. The number of carbonyl (C=O) groups is 1. The van der Waals surface area contributed by atoms with Crippen molar-refractivity contribution in [3.05, 3.63) is 45.3 Å². The summed E-state index contributed by atoms with van der Waals surface area (Å²) in [5.74, 6) is -0.389. The molecule has 1 heterocycles. The molecule has 0 aliphatic rings. The zero-order valence-electron chi connectivity index (χ0n) is 7.91. The van der Waals surface area contributed by atoms with Gasteiger partial charge in [-0.2, -0.15) is 0 Å². The molecule has 0 amide bonds. The standard InChI is InChI=1S/C11H7ClO3/c1-6(13)9-10(12)7-4-2-3-5-8(7)15-11(9)14/h2-5H,1H3. The van der Waals surface area contributed by atoms with Crippen LogP contribution >= 0.6 is 11.6 Å². The molecule has 1 aromatic carbocycles. The molecule has 0 atom stereocenters. The van der Waals surface area contributed by atoms with E-state index in [1.165, 1.54) is 6.92 Å². The second-order valence-electron chi connectivity index (χ2n) is 3.13. The lowest BCUT2D eigenvalue weighted by molar-refractivity contribution is 0.101. The highest BCUT2D eigenvalue weighted by Crippen LogP contribution is 2.24. The Hall–Kier alpha value is -1.61. The third-order valence-electron chi connectivity index (χ3n) is 2.10. The van der Waals surface area contributed by atoms with Crippen LogP contribution in [0.4, 0.5) is 0 Å². The lowest BCUT2D eigenvalue weighted by atomic mass is 10.1. The van der Waals surface area contributed by atoms with E-state index in [1.54, 1.807) is 24.3 Å². The smallest absolute Gasteiger partial charge is 0.348 e. The van der Waals surface area contributed by atoms with Gasteiger partial charge in [0.05, 0.1) is 5.02 Å². The summed E-state index contributed by atoms with van der Waals surface area (Å²) in [5.41, 5.74) is -0.390. The number of benzene rings is 1. The van der Waals surface area contributed by atoms with E-state index < -0.39 is 5.63 Å². The van der Waals surface area contributed by atoms with Crippen LogP contribution in [0.2, 0.25) is 5.02 Å². The van der Waals surface area contributed by atoms with Crippen LogP contribution in [0.15, 0.2) is 33.5 Å². The van der Waals surface area contributed by atoms with Gasteiger partial charge >= 0.3 is 5.63 Å². The normalized spacial score (nSPS) is 10.5. The molecule has 0 saturated carbocycles. The maximum absolute atomic E-state index is 11.4. The van der Waals surface area contributed by atoms with Crippen LogP contribution in [-0.2, 0) is 0 Å². The first-order chi connectivity index (χ1) is 7.11. The van der Waals surface area contributed by atoms with Crippen LogP contribution in [0.1, 0.15) is 17.3 Å². The topological polar surface area (TPSA) is 47.3 Å². The Balaban J connectivity index is 2.97. The zero-order chi connectivity index (χ0) is 11.0. The van der Waals surface area contributed by atoms with Crippen LogP contribution < -0.4 is 5.63 Å². The molecule has 15 heavy (non-hydrogen) atoms. The number of hydrogen-bond acceptors (Lipinski definition) is 3. The number of carbonyl (C=O) groups excluding carboxylic acids is 1. The second kappa shape index (κ2) is 3.51. The molecule has 0 aliphatic carbocycles. The van der Waals surface area contributed by atoms with Crippen molar-refractivity contribution in [3.63, 3.8) is 0 Å². The van der Waals surface area contributed by atoms with Gasteiger partial charge in [0.15, 0.2) is 5.78 Å². The molecule has 3 nitrogen and oxygen atoms in total. The summed E-state index contributed by atoms with van der Waals surface area (Å²) in [7, 11) is 0. The third kappa shape index (κ3) is 1.55. The van der Waals surface area contributed by atoms with Crippen LogP contribution in [-0.4, -0.2) is 5.78 Å². The van der Waals surface area contributed by atoms with Gasteiger partial charge in [0, 0.05) is 5.39 Å². The first kappa shape index (κ1) is 9.93. The molecule has 0 saturated heterocycles. The fraction of sp³-hybridized carbons (Fsp3) is 0.0909. The first-order valence-corrected chi connectivity index (χ1v) is 4.71. The van der Waals surface area contributed by atoms with Gasteiger partial charge in [0.1, 0.15) is 11.1 Å². The van der Waals surface area contributed by atoms with Crippen molar-refractivity contribution in [2.24, 2.45) is 0 Å². The second-order valence-corrected chi connectivity index (χ2v) is 3.51. The molecule has 0 spiro atoms. The van der Waals surface area contributed by atoms with Gasteiger partial charge in [0.2, 0.25) is 0 Å². The summed E-state index contributed by atoms with van der Waals surface area (Å²) in [5, 5.41) is 0.735. The van der Waals surface area contributed by atoms with Crippen molar-refractivity contribution in [3.8, 4) is 0 Å². The van der Waals surface area contributed by atoms with Crippen molar-refractivity contribution in [1.29, 1.82) is 0 Å². The minimum atomic E-state index is -0.689. The largest absolute Gasteiger partial charge is 0.422 e. The van der Waals surface area contributed by atoms with E-state index in [-0.39, 0.29) is 16.4 Å². The highest BCUT2D eigenvalue weighted by Gasteiger charge is 2.15. The lowest BCUT2D eigenvalue weighted by Gasteiger charge is -2.02. The Morgan fingerprint density at radius 3 is 2.67 bits per heavy atom. The predicted molar refractivity (Wildman–Crippen MR) is 57.5 cm³/mol. The fourth-order valence-corrected chi connectivity index (χ4v) is 1.78. The van der Waals surface area contributed by atoms with Crippen LogP contribution in [0.25, 0.3) is 11.0 Å². The van der Waals surface area contributed by atoms with Crippen molar-refractivity contribution in [1.82, 2.24) is 0 Å². The zero-order valence-corrected chi connectivity index (χ0v) is 8.67. The molecule has 0 N–H and O–H groups in total. The van der Waals surface area contributed by atoms with Crippen LogP contribution in [0.5, 0.6) is 0 Å². The van der Waals surface area contributed by atoms with Gasteiger partial charge in [-0.05, 0) is 19.1 Å². The number of fused-ring (bicyclic) bond motifs is 1. The van der Waals surface area contributed by atoms with Gasteiger partial charge in [-0.25, -0.2) is 4.79 Å². The van der Waals surface area contributed by atoms with E-state index in [9.17, 15) is 9.59 Å². The van der Waals surface area contributed by atoms with E-state index in [2.05, 4.69) is 0 Å². The highest BCUT2D eigenvalue weighted by atomic mass is 35.5. The summed E-state index contributed by atoms with van der Waals surface area (Å²) in [4.78, 5) is 22.6. The summed E-state index contributed by atoms with van der Waals surface area (Å²) in [6.45, 7) is 1.28. The fourth-order valence-electron chi connectivity index (χ4n) is 1.41. The maximum atomic E-state index is 11.4. The average Bonchev–Trinajstić information content (AvgIpc) is 2.17. The number of rotatable bonds is 1. The number of halogens is 1. The molecular weight excluding hydrogens is 216 g/mol. The van der Waals surface area contributed by atoms with E-state index in [4.69, 9.17) is 16.0 Å². The molecule has 0 radical (unpaired) electrons. The Bertz CT molecular complexity index is 598. The Morgan fingerprint density at radius 2 is 2.00 bits per heavy atom. The summed E-state index contributed by atoms with van der Waals surface area (Å²) < 4.78 is 4.97. The third-order valence-corrected chi connectivity index (χ3v) is 2.49. The Labute approximate surface area is 90.3 Å². The summed E-state index contributed by atoms with van der Waals surface area (Å²) in [6.07, 6.45) is 0. The van der Waals surface area contributed by atoms with Gasteiger partial charge in [0.25, 0.3) is 0 Å². The van der Waals surface area contributed by atoms with Crippen molar-refractivity contribution < 1.29 is 9.21 Å². The highest BCUT2D eigenvalue weighted by molar-refractivity contribution is 6.38. The molecule has 76 valence electrons. The van der Waals surface area contributed by atoms with Gasteiger partial charge in [-0.15, -0.1) is 0 Å². The monoisotopic (exact) mass is 222 g/mol. The van der Waals surface area contributed by atoms with E-state index in [0.29, 0.717) is 11.0 Å². The lowest BCUT2D eigenvalue weighted by Crippen LogP contribution is -2.12. The van der Waals surface area contributed by atoms with E-state index in [0.717, 1.165) is 0 Å². The molecule has 0 fully saturated rings. The average molecular weight is 223 g/mol. The van der Waals surface area contributed by atoms with E-state index in [1.807, 2.05) is 0 Å². The molecular formula is C11H7ClO3. The van der Waals surface area contributed by atoms with Gasteiger partial charge in [-0.3, -0.25) is 4.79 Å². The quantitative estimate of drug-likeness (QED) is 0.551. The number of Topliss-reactive ketones (excluding diaryl/α,β-unsaturated/α-hetero) is 1. The molecule has 0 aliphatic heterocycles. The van der Waals surface area contributed by atoms with Gasteiger partial charge < -0.3 is 4.42 Å².